The number of carbonyl (C=O) groups excluding carboxylic acids is 3. The Labute approximate surface area is 117 Å². The van der Waals surface area contributed by atoms with Crippen LogP contribution in [0.1, 0.15) is 34.8 Å². The summed E-state index contributed by atoms with van der Waals surface area (Å²) in [5, 5.41) is 0. The minimum absolute atomic E-state index is 0.0830. The van der Waals surface area contributed by atoms with Gasteiger partial charge in [-0.3, -0.25) is 14.4 Å². The van der Waals surface area contributed by atoms with E-state index in [1.54, 1.807) is 13.0 Å². The summed E-state index contributed by atoms with van der Waals surface area (Å²) in [6.45, 7) is 5.94. The Morgan fingerprint density at radius 1 is 1.25 bits per heavy atom. The number of hydrogen-bond acceptors (Lipinski definition) is 4. The first-order chi connectivity index (χ1) is 9.45. The van der Waals surface area contributed by atoms with Gasteiger partial charge in [-0.15, -0.1) is 0 Å². The van der Waals surface area contributed by atoms with Crippen molar-refractivity contribution in [3.63, 3.8) is 0 Å². The lowest BCUT2D eigenvalue weighted by molar-refractivity contribution is -0.142. The average molecular weight is 275 g/mol. The first kappa shape index (κ1) is 14.2. The van der Waals surface area contributed by atoms with Gasteiger partial charge in [0, 0.05) is 6.54 Å². The molecule has 0 saturated heterocycles. The summed E-state index contributed by atoms with van der Waals surface area (Å²) < 4.78 is 4.84. The van der Waals surface area contributed by atoms with Crippen LogP contribution in [0.4, 0.5) is 5.69 Å². The first-order valence-electron chi connectivity index (χ1n) is 6.58. The molecule has 1 heterocycles. The Bertz CT molecular complexity index is 592. The molecule has 1 amide bonds. The summed E-state index contributed by atoms with van der Waals surface area (Å²) in [5.74, 6) is -1.44. The summed E-state index contributed by atoms with van der Waals surface area (Å²) in [6, 6.07) is 3.63. The Balaban J connectivity index is 2.27. The zero-order valence-corrected chi connectivity index (χ0v) is 11.9. The van der Waals surface area contributed by atoms with Gasteiger partial charge >= 0.3 is 5.97 Å². The average Bonchev–Trinajstić information content (AvgIpc) is 2.61. The van der Waals surface area contributed by atoms with Gasteiger partial charge in [0.05, 0.1) is 24.3 Å². The summed E-state index contributed by atoms with van der Waals surface area (Å²) in [5.41, 5.74) is 2.85. The van der Waals surface area contributed by atoms with E-state index in [-0.39, 0.29) is 18.9 Å². The van der Waals surface area contributed by atoms with Crippen molar-refractivity contribution in [1.29, 1.82) is 0 Å². The molecule has 0 atom stereocenters. The monoisotopic (exact) mass is 275 g/mol. The second-order valence-corrected chi connectivity index (χ2v) is 4.82. The highest BCUT2D eigenvalue weighted by Gasteiger charge is 2.37. The van der Waals surface area contributed by atoms with Crippen molar-refractivity contribution in [1.82, 2.24) is 0 Å². The molecule has 1 aromatic carbocycles. The molecule has 0 bridgehead atoms. The fourth-order valence-electron chi connectivity index (χ4n) is 2.48. The van der Waals surface area contributed by atoms with Gasteiger partial charge in [0.15, 0.2) is 0 Å². The van der Waals surface area contributed by atoms with Crippen LogP contribution in [-0.4, -0.2) is 30.8 Å². The minimum Gasteiger partial charge on any atom is -0.466 e. The molecule has 0 fully saturated rings. The second-order valence-electron chi connectivity index (χ2n) is 4.82. The van der Waals surface area contributed by atoms with Crippen molar-refractivity contribution in [2.45, 2.75) is 27.2 Å². The SMILES string of the molecule is CCOC(=O)CCN1C(=O)C(=O)c2cc(C)cc(C)c21. The molecule has 0 spiro atoms. The number of esters is 1. The van der Waals surface area contributed by atoms with E-state index in [0.717, 1.165) is 11.1 Å². The molecule has 0 N–H and O–H groups in total. The molecule has 1 aliphatic heterocycles. The van der Waals surface area contributed by atoms with Crippen molar-refractivity contribution in [2.75, 3.05) is 18.1 Å². The number of ether oxygens (including phenoxy) is 1. The predicted molar refractivity (Wildman–Crippen MR) is 73.8 cm³/mol. The van der Waals surface area contributed by atoms with Gasteiger partial charge in [-0.05, 0) is 38.0 Å². The number of rotatable bonds is 4. The van der Waals surface area contributed by atoms with Crippen molar-refractivity contribution < 1.29 is 19.1 Å². The van der Waals surface area contributed by atoms with Crippen LogP contribution in [0.5, 0.6) is 0 Å². The molecule has 0 aliphatic carbocycles. The van der Waals surface area contributed by atoms with Crippen molar-refractivity contribution >= 4 is 23.3 Å². The molecule has 106 valence electrons. The van der Waals surface area contributed by atoms with Gasteiger partial charge < -0.3 is 9.64 Å². The fourth-order valence-corrected chi connectivity index (χ4v) is 2.48. The Morgan fingerprint density at radius 3 is 2.60 bits per heavy atom. The van der Waals surface area contributed by atoms with E-state index in [0.29, 0.717) is 17.9 Å². The molecule has 0 unspecified atom stereocenters. The summed E-state index contributed by atoms with van der Waals surface area (Å²) >= 11 is 0. The van der Waals surface area contributed by atoms with E-state index in [1.165, 1.54) is 4.90 Å². The van der Waals surface area contributed by atoms with Crippen LogP contribution in [0.2, 0.25) is 0 Å². The molecule has 0 saturated carbocycles. The molecular weight excluding hydrogens is 258 g/mol. The Kier molecular flexibility index (Phi) is 3.88. The van der Waals surface area contributed by atoms with Crippen LogP contribution < -0.4 is 4.90 Å². The zero-order valence-electron chi connectivity index (χ0n) is 11.9. The summed E-state index contributed by atoms with van der Waals surface area (Å²) in [6.07, 6.45) is 0.0830. The van der Waals surface area contributed by atoms with Crippen LogP contribution in [0.3, 0.4) is 0 Å². The quantitative estimate of drug-likeness (QED) is 0.620. The van der Waals surface area contributed by atoms with E-state index in [1.807, 2.05) is 19.9 Å². The largest absolute Gasteiger partial charge is 0.466 e. The highest BCUT2D eigenvalue weighted by atomic mass is 16.5. The third-order valence-electron chi connectivity index (χ3n) is 3.24. The van der Waals surface area contributed by atoms with Gasteiger partial charge in [0.1, 0.15) is 0 Å². The topological polar surface area (TPSA) is 63.7 Å². The highest BCUT2D eigenvalue weighted by molar-refractivity contribution is 6.52. The van der Waals surface area contributed by atoms with E-state index in [9.17, 15) is 14.4 Å². The molecule has 20 heavy (non-hydrogen) atoms. The summed E-state index contributed by atoms with van der Waals surface area (Å²) in [4.78, 5) is 36.8. The Morgan fingerprint density at radius 2 is 1.95 bits per heavy atom. The molecule has 2 rings (SSSR count). The molecular formula is C15H17NO4. The van der Waals surface area contributed by atoms with E-state index in [4.69, 9.17) is 4.74 Å². The number of anilines is 1. The van der Waals surface area contributed by atoms with Crippen molar-refractivity contribution in [3.05, 3.63) is 28.8 Å². The fraction of sp³-hybridized carbons (Fsp3) is 0.400. The van der Waals surface area contributed by atoms with Crippen LogP contribution >= 0.6 is 0 Å². The molecule has 1 aromatic rings. The maximum Gasteiger partial charge on any atom is 0.307 e. The maximum atomic E-state index is 12.0. The van der Waals surface area contributed by atoms with Crippen LogP contribution in [0.25, 0.3) is 0 Å². The number of amides is 1. The van der Waals surface area contributed by atoms with Crippen molar-refractivity contribution in [2.24, 2.45) is 0 Å². The number of Topliss-reactive ketones (excluding diaryl/α,β-unsaturated/α-hetero) is 1. The van der Waals surface area contributed by atoms with Crippen LogP contribution in [-0.2, 0) is 14.3 Å². The van der Waals surface area contributed by atoms with Gasteiger partial charge in [0.25, 0.3) is 11.7 Å². The first-order valence-corrected chi connectivity index (χ1v) is 6.58. The van der Waals surface area contributed by atoms with Gasteiger partial charge in [-0.1, -0.05) is 6.07 Å². The smallest absolute Gasteiger partial charge is 0.307 e. The van der Waals surface area contributed by atoms with E-state index >= 15 is 0 Å². The number of benzene rings is 1. The number of ketones is 1. The lowest BCUT2D eigenvalue weighted by atomic mass is 10.0. The maximum absolute atomic E-state index is 12.0. The van der Waals surface area contributed by atoms with E-state index in [2.05, 4.69) is 0 Å². The normalized spacial score (nSPS) is 13.7. The molecule has 1 aliphatic rings. The number of nitrogens with zero attached hydrogens (tertiary/aromatic N) is 1. The van der Waals surface area contributed by atoms with Crippen LogP contribution in [0, 0.1) is 13.8 Å². The predicted octanol–water partition coefficient (Wildman–Crippen LogP) is 1.79. The lowest BCUT2D eigenvalue weighted by Crippen LogP contribution is -2.32. The minimum atomic E-state index is -0.571. The van der Waals surface area contributed by atoms with Gasteiger partial charge in [-0.25, -0.2) is 0 Å². The highest BCUT2D eigenvalue weighted by Crippen LogP contribution is 2.33. The van der Waals surface area contributed by atoms with E-state index < -0.39 is 11.7 Å². The molecule has 0 aromatic heterocycles. The third-order valence-corrected chi connectivity index (χ3v) is 3.24. The zero-order chi connectivity index (χ0) is 14.9. The number of carbonyl (C=O) groups is 3. The molecule has 5 heteroatoms. The van der Waals surface area contributed by atoms with Crippen molar-refractivity contribution in [3.8, 4) is 0 Å². The van der Waals surface area contributed by atoms with Crippen LogP contribution in [0.15, 0.2) is 12.1 Å². The van der Waals surface area contributed by atoms with Gasteiger partial charge in [-0.2, -0.15) is 0 Å². The molecule has 0 radical (unpaired) electrons. The number of hydrogen-bond donors (Lipinski definition) is 0. The Hall–Kier alpha value is -2.17. The summed E-state index contributed by atoms with van der Waals surface area (Å²) in [7, 11) is 0. The third kappa shape index (κ3) is 2.43. The molecule has 5 nitrogen and oxygen atoms in total. The second kappa shape index (κ2) is 5.45. The number of aryl methyl sites for hydroxylation is 2. The van der Waals surface area contributed by atoms with Gasteiger partial charge in [0.2, 0.25) is 0 Å². The lowest BCUT2D eigenvalue weighted by Gasteiger charge is -2.18. The number of fused-ring (bicyclic) bond motifs is 1. The standard InChI is InChI=1S/C15H17NO4/c1-4-20-12(17)5-6-16-13-10(3)7-9(2)8-11(13)14(18)15(16)19/h7-8H,4-6H2,1-3H3.